The van der Waals surface area contributed by atoms with E-state index < -0.39 is 0 Å². The van der Waals surface area contributed by atoms with E-state index in [9.17, 15) is 4.79 Å². The molecule has 0 aliphatic carbocycles. The molecule has 0 amide bonds. The Hall–Kier alpha value is -2.58. The summed E-state index contributed by atoms with van der Waals surface area (Å²) in [5.74, 6) is -0.299. The SMILES string of the molecule is CCOC(=O)/C=C(/CCc1ccc(Cl)cc1)c1ccc2ccccc2c1. The van der Waals surface area contributed by atoms with Crippen molar-refractivity contribution in [1.82, 2.24) is 0 Å². The Morgan fingerprint density at radius 3 is 2.46 bits per heavy atom. The molecule has 26 heavy (non-hydrogen) atoms. The molecule has 0 fully saturated rings. The highest BCUT2D eigenvalue weighted by atomic mass is 35.5. The zero-order valence-corrected chi connectivity index (χ0v) is 15.5. The molecule has 2 nitrogen and oxygen atoms in total. The van der Waals surface area contributed by atoms with Crippen LogP contribution in [0.25, 0.3) is 16.3 Å². The molecule has 0 saturated heterocycles. The van der Waals surface area contributed by atoms with E-state index in [4.69, 9.17) is 16.3 Å². The Labute approximate surface area is 159 Å². The molecular weight excluding hydrogens is 344 g/mol. The third-order valence-corrected chi connectivity index (χ3v) is 4.55. The lowest BCUT2D eigenvalue weighted by molar-refractivity contribution is -0.137. The fourth-order valence-electron chi connectivity index (χ4n) is 2.95. The van der Waals surface area contributed by atoms with Gasteiger partial charge < -0.3 is 4.74 Å². The molecule has 0 unspecified atom stereocenters. The quantitative estimate of drug-likeness (QED) is 0.391. The summed E-state index contributed by atoms with van der Waals surface area (Å²) in [6, 6.07) is 22.3. The number of ether oxygens (including phenoxy) is 1. The summed E-state index contributed by atoms with van der Waals surface area (Å²) >= 11 is 5.96. The van der Waals surface area contributed by atoms with Crippen molar-refractivity contribution >= 4 is 33.9 Å². The number of allylic oxidation sites excluding steroid dienone is 1. The van der Waals surface area contributed by atoms with Crippen molar-refractivity contribution < 1.29 is 9.53 Å². The van der Waals surface area contributed by atoms with Gasteiger partial charge in [-0.25, -0.2) is 4.79 Å². The van der Waals surface area contributed by atoms with Crippen LogP contribution in [0.1, 0.15) is 24.5 Å². The second-order valence-corrected chi connectivity index (χ2v) is 6.55. The lowest BCUT2D eigenvalue weighted by Gasteiger charge is -2.10. The van der Waals surface area contributed by atoms with Crippen LogP contribution >= 0.6 is 11.6 Å². The number of hydrogen-bond acceptors (Lipinski definition) is 2. The van der Waals surface area contributed by atoms with Crippen molar-refractivity contribution in [3.8, 4) is 0 Å². The topological polar surface area (TPSA) is 26.3 Å². The van der Waals surface area contributed by atoms with E-state index >= 15 is 0 Å². The molecule has 0 aliphatic rings. The predicted octanol–water partition coefficient (Wildman–Crippen LogP) is 6.07. The van der Waals surface area contributed by atoms with Crippen molar-refractivity contribution in [3.05, 3.63) is 89.0 Å². The molecule has 3 aromatic rings. The van der Waals surface area contributed by atoms with Gasteiger partial charge in [0, 0.05) is 11.1 Å². The first kappa shape index (κ1) is 18.2. The zero-order valence-electron chi connectivity index (χ0n) is 14.7. The summed E-state index contributed by atoms with van der Waals surface area (Å²) in [4.78, 5) is 12.0. The Bertz CT molecular complexity index is 926. The second-order valence-electron chi connectivity index (χ2n) is 6.11. The van der Waals surface area contributed by atoms with Crippen LogP contribution in [0.4, 0.5) is 0 Å². The number of rotatable bonds is 6. The van der Waals surface area contributed by atoms with E-state index in [1.165, 1.54) is 10.9 Å². The monoisotopic (exact) mass is 364 g/mol. The first-order valence-electron chi connectivity index (χ1n) is 8.76. The van der Waals surface area contributed by atoms with Gasteiger partial charge >= 0.3 is 5.97 Å². The van der Waals surface area contributed by atoms with Crippen molar-refractivity contribution in [2.24, 2.45) is 0 Å². The number of benzene rings is 3. The summed E-state index contributed by atoms with van der Waals surface area (Å²) in [6.45, 7) is 2.19. The Morgan fingerprint density at radius 2 is 1.73 bits per heavy atom. The molecule has 3 heteroatoms. The third-order valence-electron chi connectivity index (χ3n) is 4.30. The van der Waals surface area contributed by atoms with E-state index in [1.807, 2.05) is 43.3 Å². The molecule has 0 N–H and O–H groups in total. The Morgan fingerprint density at radius 1 is 1.00 bits per heavy atom. The van der Waals surface area contributed by atoms with Crippen molar-refractivity contribution in [2.45, 2.75) is 19.8 Å². The lowest BCUT2D eigenvalue weighted by atomic mass is 9.96. The van der Waals surface area contributed by atoms with E-state index in [-0.39, 0.29) is 5.97 Å². The van der Waals surface area contributed by atoms with Gasteiger partial charge in [0.25, 0.3) is 0 Å². The fraction of sp³-hybridized carbons (Fsp3) is 0.174. The van der Waals surface area contributed by atoms with Crippen LogP contribution in [0, 0.1) is 0 Å². The average Bonchev–Trinajstić information content (AvgIpc) is 2.66. The van der Waals surface area contributed by atoms with Crippen molar-refractivity contribution in [2.75, 3.05) is 6.61 Å². The molecule has 0 heterocycles. The molecule has 0 aromatic heterocycles. The number of halogens is 1. The number of aryl methyl sites for hydroxylation is 1. The molecule has 0 bridgehead atoms. The molecular formula is C23H21ClO2. The number of carbonyl (C=O) groups is 1. The van der Waals surface area contributed by atoms with Gasteiger partial charge in [-0.15, -0.1) is 0 Å². The average molecular weight is 365 g/mol. The summed E-state index contributed by atoms with van der Waals surface area (Å²) < 4.78 is 5.12. The standard InChI is InChI=1S/C23H21ClO2/c1-2-26-23(25)16-21(10-7-17-8-13-22(24)14-9-17)20-12-11-18-5-3-4-6-19(18)15-20/h3-6,8-9,11-16H,2,7,10H2,1H3/b21-16-. The van der Waals surface area contributed by atoms with E-state index in [2.05, 4.69) is 30.3 Å². The lowest BCUT2D eigenvalue weighted by Crippen LogP contribution is -2.02. The maximum Gasteiger partial charge on any atom is 0.331 e. The van der Waals surface area contributed by atoms with Crippen LogP contribution in [0.5, 0.6) is 0 Å². The maximum atomic E-state index is 12.0. The Balaban J connectivity index is 1.88. The maximum absolute atomic E-state index is 12.0. The van der Waals surface area contributed by atoms with Gasteiger partial charge in [0.1, 0.15) is 0 Å². The summed E-state index contributed by atoms with van der Waals surface area (Å²) in [5, 5.41) is 3.07. The van der Waals surface area contributed by atoms with Gasteiger partial charge in [-0.2, -0.15) is 0 Å². The summed E-state index contributed by atoms with van der Waals surface area (Å²) in [5.41, 5.74) is 3.21. The smallest absolute Gasteiger partial charge is 0.331 e. The first-order chi connectivity index (χ1) is 12.7. The highest BCUT2D eigenvalue weighted by Gasteiger charge is 2.08. The van der Waals surface area contributed by atoms with Gasteiger partial charge in [0.15, 0.2) is 0 Å². The second kappa shape index (κ2) is 8.68. The van der Waals surface area contributed by atoms with Crippen molar-refractivity contribution in [1.29, 1.82) is 0 Å². The van der Waals surface area contributed by atoms with Crippen LogP contribution in [-0.2, 0) is 16.0 Å². The normalized spacial score (nSPS) is 11.5. The molecule has 0 spiro atoms. The molecule has 132 valence electrons. The number of hydrogen-bond donors (Lipinski definition) is 0. The van der Waals surface area contributed by atoms with Gasteiger partial charge in [0.2, 0.25) is 0 Å². The fourth-order valence-corrected chi connectivity index (χ4v) is 3.07. The van der Waals surface area contributed by atoms with Crippen LogP contribution in [0.3, 0.4) is 0 Å². The van der Waals surface area contributed by atoms with Gasteiger partial charge in [-0.3, -0.25) is 0 Å². The number of esters is 1. The minimum absolute atomic E-state index is 0.299. The highest BCUT2D eigenvalue weighted by Crippen LogP contribution is 2.25. The first-order valence-corrected chi connectivity index (χ1v) is 9.14. The van der Waals surface area contributed by atoms with Gasteiger partial charge in [-0.1, -0.05) is 60.1 Å². The third kappa shape index (κ3) is 4.74. The highest BCUT2D eigenvalue weighted by molar-refractivity contribution is 6.30. The van der Waals surface area contributed by atoms with Crippen LogP contribution < -0.4 is 0 Å². The summed E-state index contributed by atoms with van der Waals surface area (Å²) in [7, 11) is 0. The zero-order chi connectivity index (χ0) is 18.4. The Kier molecular flexibility index (Phi) is 6.08. The van der Waals surface area contributed by atoms with Gasteiger partial charge in [-0.05, 0) is 65.4 Å². The minimum atomic E-state index is -0.299. The van der Waals surface area contributed by atoms with E-state index in [1.54, 1.807) is 6.08 Å². The predicted molar refractivity (Wildman–Crippen MR) is 108 cm³/mol. The van der Waals surface area contributed by atoms with Gasteiger partial charge in [0.05, 0.1) is 6.61 Å². The number of fused-ring (bicyclic) bond motifs is 1. The van der Waals surface area contributed by atoms with E-state index in [0.29, 0.717) is 6.61 Å². The molecule has 0 aliphatic heterocycles. The molecule has 0 atom stereocenters. The molecule has 0 saturated carbocycles. The molecule has 3 rings (SSSR count). The number of carbonyl (C=O) groups excluding carboxylic acids is 1. The minimum Gasteiger partial charge on any atom is -0.463 e. The largest absolute Gasteiger partial charge is 0.463 e. The van der Waals surface area contributed by atoms with Crippen LogP contribution in [0.2, 0.25) is 5.02 Å². The van der Waals surface area contributed by atoms with Crippen molar-refractivity contribution in [3.63, 3.8) is 0 Å². The molecule has 0 radical (unpaired) electrons. The van der Waals surface area contributed by atoms with E-state index in [0.717, 1.165) is 34.4 Å². The van der Waals surface area contributed by atoms with Crippen LogP contribution in [0.15, 0.2) is 72.8 Å². The van der Waals surface area contributed by atoms with Crippen LogP contribution in [-0.4, -0.2) is 12.6 Å². The summed E-state index contributed by atoms with van der Waals surface area (Å²) in [6.07, 6.45) is 3.19. The molecule has 3 aromatic carbocycles.